The Kier molecular flexibility index (Phi) is 4.07. The molecule has 0 unspecified atom stereocenters. The largest absolute Gasteiger partial charge is 0.392 e. The number of anilines is 1. The number of nitrogens with zero attached hydrogens (tertiary/aromatic N) is 2. The number of carbonyl (C=O) groups excluding carboxylic acids is 1. The van der Waals surface area contributed by atoms with Gasteiger partial charge in [-0.25, -0.2) is 4.39 Å². The van der Waals surface area contributed by atoms with Gasteiger partial charge in [-0.15, -0.1) is 0 Å². The molecule has 2 heterocycles. The summed E-state index contributed by atoms with van der Waals surface area (Å²) >= 11 is 0. The van der Waals surface area contributed by atoms with Crippen LogP contribution in [0.2, 0.25) is 0 Å². The van der Waals surface area contributed by atoms with E-state index >= 15 is 0 Å². The summed E-state index contributed by atoms with van der Waals surface area (Å²) in [4.78, 5) is 16.1. The average Bonchev–Trinajstić information content (AvgIpc) is 2.94. The van der Waals surface area contributed by atoms with E-state index in [0.717, 1.165) is 0 Å². The molecule has 0 bridgehead atoms. The monoisotopic (exact) mass is 293 g/mol. The standard InChI is InChI=1S/C15H20FN3O2/c16-12-3-1-2-4-14(12)18-5-7-19(8-6-18)15(21)13-9-11(20)10-17-13/h1-4,11,13,17,20H,5-10H2/t11-,13+/m1/s1. The zero-order valence-electron chi connectivity index (χ0n) is 11.8. The smallest absolute Gasteiger partial charge is 0.239 e. The number of β-amino-alcohol motifs (C(OH)–C–C–N with tert-alkyl or cyclic N) is 1. The number of aliphatic hydroxyl groups is 1. The SMILES string of the molecule is O=C([C@@H]1C[C@@H](O)CN1)N1CCN(c2ccccc2F)CC1. The Balaban J connectivity index is 1.58. The number of piperazine rings is 1. The fourth-order valence-corrected chi connectivity index (χ4v) is 3.00. The van der Waals surface area contributed by atoms with Gasteiger partial charge in [0.15, 0.2) is 0 Å². The van der Waals surface area contributed by atoms with E-state index in [9.17, 15) is 14.3 Å². The van der Waals surface area contributed by atoms with Crippen molar-refractivity contribution in [3.63, 3.8) is 0 Å². The maximum Gasteiger partial charge on any atom is 0.239 e. The van der Waals surface area contributed by atoms with Crippen LogP contribution in [-0.4, -0.2) is 60.8 Å². The highest BCUT2D eigenvalue weighted by Gasteiger charge is 2.32. The number of halogens is 1. The molecule has 1 aromatic rings. The molecule has 2 atom stereocenters. The summed E-state index contributed by atoms with van der Waals surface area (Å²) in [5.74, 6) is -0.183. The quantitative estimate of drug-likeness (QED) is 0.818. The number of benzene rings is 1. The van der Waals surface area contributed by atoms with Gasteiger partial charge in [0.25, 0.3) is 0 Å². The second-order valence-electron chi connectivity index (χ2n) is 5.61. The van der Waals surface area contributed by atoms with Gasteiger partial charge in [-0.1, -0.05) is 12.1 Å². The van der Waals surface area contributed by atoms with Crippen molar-refractivity contribution in [2.24, 2.45) is 0 Å². The van der Waals surface area contributed by atoms with Crippen molar-refractivity contribution in [3.8, 4) is 0 Å². The van der Waals surface area contributed by atoms with Gasteiger partial charge in [0.2, 0.25) is 5.91 Å². The molecular formula is C15H20FN3O2. The fraction of sp³-hybridized carbons (Fsp3) is 0.533. The van der Waals surface area contributed by atoms with Crippen molar-refractivity contribution in [2.45, 2.75) is 18.6 Å². The van der Waals surface area contributed by atoms with Crippen LogP contribution >= 0.6 is 0 Å². The van der Waals surface area contributed by atoms with Gasteiger partial charge in [0, 0.05) is 32.7 Å². The summed E-state index contributed by atoms with van der Waals surface area (Å²) in [6.45, 7) is 2.90. The molecule has 2 fully saturated rings. The highest BCUT2D eigenvalue weighted by atomic mass is 19.1. The maximum absolute atomic E-state index is 13.8. The first-order valence-corrected chi connectivity index (χ1v) is 7.35. The summed E-state index contributed by atoms with van der Waals surface area (Å²) < 4.78 is 13.8. The summed E-state index contributed by atoms with van der Waals surface area (Å²) in [5.41, 5.74) is 0.596. The van der Waals surface area contributed by atoms with Crippen molar-refractivity contribution in [1.82, 2.24) is 10.2 Å². The normalized spacial score (nSPS) is 26.2. The van der Waals surface area contributed by atoms with Gasteiger partial charge in [-0.3, -0.25) is 4.79 Å². The van der Waals surface area contributed by atoms with Crippen molar-refractivity contribution in [3.05, 3.63) is 30.1 Å². The van der Waals surface area contributed by atoms with Gasteiger partial charge < -0.3 is 20.2 Å². The Bertz CT molecular complexity index is 517. The van der Waals surface area contributed by atoms with Gasteiger partial charge in [-0.05, 0) is 18.6 Å². The summed E-state index contributed by atoms with van der Waals surface area (Å²) in [5, 5.41) is 12.5. The van der Waals surface area contributed by atoms with Gasteiger partial charge in [0.05, 0.1) is 17.8 Å². The molecule has 2 N–H and O–H groups in total. The average molecular weight is 293 g/mol. The van der Waals surface area contributed by atoms with Crippen molar-refractivity contribution in [1.29, 1.82) is 0 Å². The van der Waals surface area contributed by atoms with Crippen molar-refractivity contribution in [2.75, 3.05) is 37.6 Å². The molecule has 2 aliphatic rings. The Morgan fingerprint density at radius 3 is 2.57 bits per heavy atom. The predicted molar refractivity (Wildman–Crippen MR) is 77.6 cm³/mol. The third kappa shape index (κ3) is 3.01. The molecule has 0 aromatic heterocycles. The van der Waals surface area contributed by atoms with Crippen LogP contribution in [-0.2, 0) is 4.79 Å². The van der Waals surface area contributed by atoms with Crippen LogP contribution in [0.3, 0.4) is 0 Å². The lowest BCUT2D eigenvalue weighted by Gasteiger charge is -2.37. The molecule has 1 amide bonds. The number of aliphatic hydroxyl groups excluding tert-OH is 1. The molecule has 0 saturated carbocycles. The lowest BCUT2D eigenvalue weighted by molar-refractivity contribution is -0.133. The lowest BCUT2D eigenvalue weighted by Crippen LogP contribution is -2.53. The summed E-state index contributed by atoms with van der Waals surface area (Å²) in [6, 6.07) is 6.44. The van der Waals surface area contributed by atoms with E-state index in [1.54, 1.807) is 17.0 Å². The van der Waals surface area contributed by atoms with Gasteiger partial charge in [-0.2, -0.15) is 0 Å². The maximum atomic E-state index is 13.8. The second kappa shape index (κ2) is 5.99. The van der Waals surface area contributed by atoms with Crippen molar-refractivity contribution < 1.29 is 14.3 Å². The van der Waals surface area contributed by atoms with Gasteiger partial charge >= 0.3 is 0 Å². The second-order valence-corrected chi connectivity index (χ2v) is 5.61. The Morgan fingerprint density at radius 1 is 1.24 bits per heavy atom. The number of hydrogen-bond donors (Lipinski definition) is 2. The first kappa shape index (κ1) is 14.3. The minimum atomic E-state index is -0.432. The van der Waals surface area contributed by atoms with E-state index in [-0.39, 0.29) is 17.8 Å². The molecule has 0 spiro atoms. The molecule has 2 aliphatic heterocycles. The highest BCUT2D eigenvalue weighted by molar-refractivity contribution is 5.82. The number of rotatable bonds is 2. The molecule has 0 radical (unpaired) electrons. The van der Waals surface area contributed by atoms with Crippen LogP contribution < -0.4 is 10.2 Å². The Labute approximate surface area is 123 Å². The van der Waals surface area contributed by atoms with Gasteiger partial charge in [0.1, 0.15) is 5.82 Å². The number of nitrogens with one attached hydrogen (secondary N) is 1. The Morgan fingerprint density at radius 2 is 1.95 bits per heavy atom. The molecule has 0 aliphatic carbocycles. The third-order valence-corrected chi connectivity index (χ3v) is 4.19. The number of amides is 1. The van der Waals surface area contributed by atoms with E-state index in [0.29, 0.717) is 44.8 Å². The Hall–Kier alpha value is -1.66. The van der Waals surface area contributed by atoms with E-state index in [4.69, 9.17) is 0 Å². The van der Waals surface area contributed by atoms with E-state index < -0.39 is 6.10 Å². The first-order valence-electron chi connectivity index (χ1n) is 7.35. The van der Waals surface area contributed by atoms with Crippen LogP contribution in [0.5, 0.6) is 0 Å². The van der Waals surface area contributed by atoms with Crippen LogP contribution in [0.1, 0.15) is 6.42 Å². The number of hydrogen-bond acceptors (Lipinski definition) is 4. The molecule has 5 nitrogen and oxygen atoms in total. The predicted octanol–water partition coefficient (Wildman–Crippen LogP) is 0.197. The van der Waals surface area contributed by atoms with Crippen molar-refractivity contribution >= 4 is 11.6 Å². The molecule has 3 rings (SSSR count). The number of para-hydroxylation sites is 1. The van der Waals surface area contributed by atoms with Crippen LogP contribution in [0.25, 0.3) is 0 Å². The topological polar surface area (TPSA) is 55.8 Å². The highest BCUT2D eigenvalue weighted by Crippen LogP contribution is 2.20. The van der Waals surface area contributed by atoms with E-state index in [2.05, 4.69) is 5.32 Å². The first-order chi connectivity index (χ1) is 10.1. The molecule has 2 saturated heterocycles. The minimum absolute atomic E-state index is 0.0414. The molecular weight excluding hydrogens is 273 g/mol. The third-order valence-electron chi connectivity index (χ3n) is 4.19. The fourth-order valence-electron chi connectivity index (χ4n) is 3.00. The molecule has 21 heavy (non-hydrogen) atoms. The van der Waals surface area contributed by atoms with Crippen LogP contribution in [0.4, 0.5) is 10.1 Å². The van der Waals surface area contributed by atoms with Crippen LogP contribution in [0.15, 0.2) is 24.3 Å². The molecule has 6 heteroatoms. The zero-order valence-corrected chi connectivity index (χ0v) is 11.8. The van der Waals surface area contributed by atoms with E-state index in [1.165, 1.54) is 6.07 Å². The lowest BCUT2D eigenvalue weighted by atomic mass is 10.1. The van der Waals surface area contributed by atoms with Crippen LogP contribution in [0, 0.1) is 5.82 Å². The summed E-state index contributed by atoms with van der Waals surface area (Å²) in [7, 11) is 0. The molecule has 114 valence electrons. The van der Waals surface area contributed by atoms with E-state index in [1.807, 2.05) is 11.0 Å². The minimum Gasteiger partial charge on any atom is -0.392 e. The number of carbonyl (C=O) groups is 1. The summed E-state index contributed by atoms with van der Waals surface area (Å²) in [6.07, 6.45) is 0.0467. The molecule has 1 aromatic carbocycles. The zero-order chi connectivity index (χ0) is 14.8.